The number of anilines is 1. The largest absolute Gasteiger partial charge is 0.486 e. The van der Waals surface area contributed by atoms with E-state index in [1.54, 1.807) is 48.7 Å². The van der Waals surface area contributed by atoms with Gasteiger partial charge in [-0.2, -0.15) is 15.4 Å². The fourth-order valence-electron chi connectivity index (χ4n) is 3.57. The lowest BCUT2D eigenvalue weighted by Gasteiger charge is -2.11. The summed E-state index contributed by atoms with van der Waals surface area (Å²) in [6.45, 7) is 0.537. The molecule has 3 heterocycles. The van der Waals surface area contributed by atoms with Gasteiger partial charge in [0.25, 0.3) is 11.8 Å². The zero-order chi connectivity index (χ0) is 24.7. The van der Waals surface area contributed by atoms with E-state index in [4.69, 9.17) is 4.74 Å². The molecule has 36 heavy (non-hydrogen) atoms. The molecule has 0 aliphatic rings. The molecule has 0 saturated carbocycles. The van der Waals surface area contributed by atoms with Crippen molar-refractivity contribution in [2.75, 3.05) is 5.32 Å². The number of hydrogen-bond donors (Lipinski definition) is 3. The maximum absolute atomic E-state index is 12.9. The van der Waals surface area contributed by atoms with Gasteiger partial charge in [0.1, 0.15) is 23.5 Å². The predicted molar refractivity (Wildman–Crippen MR) is 132 cm³/mol. The number of hydrogen-bond acceptors (Lipinski definition) is 7. The number of ether oxygens (including phenoxy) is 1. The van der Waals surface area contributed by atoms with Gasteiger partial charge in [0.05, 0.1) is 5.56 Å². The number of rotatable bonds is 8. The van der Waals surface area contributed by atoms with Crippen LogP contribution in [0.1, 0.15) is 32.0 Å². The molecular weight excluding hydrogens is 458 g/mol. The van der Waals surface area contributed by atoms with Crippen LogP contribution in [0.2, 0.25) is 0 Å². The molecule has 0 bridgehead atoms. The number of pyridine rings is 2. The van der Waals surface area contributed by atoms with Crippen molar-refractivity contribution in [2.45, 2.75) is 13.2 Å². The first-order valence-electron chi connectivity index (χ1n) is 11.1. The third kappa shape index (κ3) is 5.17. The molecule has 3 aromatic heterocycles. The lowest BCUT2D eigenvalue weighted by atomic mass is 10.1. The number of fused-ring (bicyclic) bond motifs is 1. The number of H-pyrrole nitrogens is 1. The van der Waals surface area contributed by atoms with Crippen LogP contribution in [0.3, 0.4) is 0 Å². The van der Waals surface area contributed by atoms with Crippen LogP contribution in [0.4, 0.5) is 5.82 Å². The number of carbonyl (C=O) groups excluding carboxylic acids is 2. The lowest BCUT2D eigenvalue weighted by Crippen LogP contribution is -2.23. The molecule has 0 radical (unpaired) electrons. The normalized spacial score (nSPS) is 10.7. The van der Waals surface area contributed by atoms with E-state index in [0.717, 1.165) is 11.1 Å². The molecule has 0 spiro atoms. The Labute approximate surface area is 205 Å². The average Bonchev–Trinajstić information content (AvgIpc) is 3.41. The Morgan fingerprint density at radius 3 is 2.61 bits per heavy atom. The van der Waals surface area contributed by atoms with Gasteiger partial charge in [0, 0.05) is 18.9 Å². The van der Waals surface area contributed by atoms with Crippen molar-refractivity contribution in [2.24, 2.45) is 0 Å². The minimum absolute atomic E-state index is 0.148. The number of aromatic nitrogens is 5. The van der Waals surface area contributed by atoms with Crippen LogP contribution < -0.4 is 15.4 Å². The highest BCUT2D eigenvalue weighted by molar-refractivity contribution is 6.05. The van der Waals surface area contributed by atoms with Crippen molar-refractivity contribution in [1.29, 1.82) is 0 Å². The minimum Gasteiger partial charge on any atom is -0.486 e. The fraction of sp³-hybridized carbons (Fsp3) is 0.0769. The molecule has 0 aliphatic heterocycles. The van der Waals surface area contributed by atoms with Crippen molar-refractivity contribution in [3.8, 4) is 5.75 Å². The van der Waals surface area contributed by atoms with Crippen LogP contribution in [-0.2, 0) is 13.2 Å². The number of aromatic amines is 1. The smallest absolute Gasteiger partial charge is 0.279 e. The minimum atomic E-state index is -0.454. The van der Waals surface area contributed by atoms with Crippen LogP contribution in [0, 0.1) is 0 Å². The second kappa shape index (κ2) is 10.4. The van der Waals surface area contributed by atoms with Crippen LogP contribution >= 0.6 is 0 Å². The second-order valence-electron chi connectivity index (χ2n) is 7.81. The molecule has 0 saturated heterocycles. The highest BCUT2D eigenvalue weighted by Gasteiger charge is 2.16. The van der Waals surface area contributed by atoms with Crippen molar-refractivity contribution < 1.29 is 14.3 Å². The molecule has 5 aromatic rings. The zero-order valence-corrected chi connectivity index (χ0v) is 19.0. The van der Waals surface area contributed by atoms with Gasteiger partial charge in [-0.1, -0.05) is 36.4 Å². The van der Waals surface area contributed by atoms with E-state index in [1.807, 2.05) is 30.3 Å². The molecule has 2 aromatic carbocycles. The maximum atomic E-state index is 12.9. The van der Waals surface area contributed by atoms with E-state index in [2.05, 4.69) is 36.0 Å². The number of amides is 2. The van der Waals surface area contributed by atoms with Gasteiger partial charge in [0.2, 0.25) is 0 Å². The van der Waals surface area contributed by atoms with E-state index >= 15 is 0 Å². The van der Waals surface area contributed by atoms with Crippen LogP contribution in [0.5, 0.6) is 5.75 Å². The van der Waals surface area contributed by atoms with Gasteiger partial charge in [0.15, 0.2) is 11.4 Å². The molecule has 0 fully saturated rings. The molecule has 0 unspecified atom stereocenters. The molecule has 10 nitrogen and oxygen atoms in total. The van der Waals surface area contributed by atoms with Crippen molar-refractivity contribution in [3.05, 3.63) is 108 Å². The third-order valence-corrected chi connectivity index (χ3v) is 5.33. The summed E-state index contributed by atoms with van der Waals surface area (Å²) in [7, 11) is 0. The topological polar surface area (TPSA) is 135 Å². The Hall–Kier alpha value is -5.12. The van der Waals surface area contributed by atoms with Crippen LogP contribution in [0.15, 0.2) is 85.2 Å². The summed E-state index contributed by atoms with van der Waals surface area (Å²) in [6, 6.07) is 21.7. The van der Waals surface area contributed by atoms with Crippen molar-refractivity contribution >= 4 is 28.7 Å². The molecule has 0 atom stereocenters. The Balaban J connectivity index is 1.23. The molecule has 0 aliphatic carbocycles. The van der Waals surface area contributed by atoms with Gasteiger partial charge in [-0.05, 0) is 47.5 Å². The molecule has 178 valence electrons. The van der Waals surface area contributed by atoms with Crippen LogP contribution in [0.25, 0.3) is 11.0 Å². The average molecular weight is 480 g/mol. The number of carbonyl (C=O) groups is 2. The Bertz CT molecular complexity index is 1520. The summed E-state index contributed by atoms with van der Waals surface area (Å²) < 4.78 is 5.83. The fourth-order valence-corrected chi connectivity index (χ4v) is 3.57. The van der Waals surface area contributed by atoms with Gasteiger partial charge in [-0.15, -0.1) is 0 Å². The summed E-state index contributed by atoms with van der Waals surface area (Å²) in [5.41, 5.74) is 3.40. The lowest BCUT2D eigenvalue weighted by molar-refractivity contribution is 0.0951. The SMILES string of the molecule is O=C(Nc1cc(CNC(=O)c2cccc3n[nH]nc23)ccn1)c1ncccc1OCc1ccccc1. The molecule has 5 rings (SSSR count). The second-order valence-corrected chi connectivity index (χ2v) is 7.81. The van der Waals surface area contributed by atoms with Gasteiger partial charge in [-0.3, -0.25) is 9.59 Å². The van der Waals surface area contributed by atoms with Gasteiger partial charge < -0.3 is 15.4 Å². The van der Waals surface area contributed by atoms with E-state index in [1.165, 1.54) is 6.20 Å². The van der Waals surface area contributed by atoms with E-state index < -0.39 is 5.91 Å². The third-order valence-electron chi connectivity index (χ3n) is 5.33. The summed E-state index contributed by atoms with van der Waals surface area (Å²) in [6.07, 6.45) is 3.08. The van der Waals surface area contributed by atoms with Gasteiger partial charge >= 0.3 is 0 Å². The first-order valence-corrected chi connectivity index (χ1v) is 11.1. The van der Waals surface area contributed by atoms with E-state index in [9.17, 15) is 9.59 Å². The molecule has 2 amide bonds. The van der Waals surface area contributed by atoms with Crippen molar-refractivity contribution in [3.63, 3.8) is 0 Å². The van der Waals surface area contributed by atoms with Crippen LogP contribution in [-0.4, -0.2) is 37.2 Å². The maximum Gasteiger partial charge on any atom is 0.279 e. The quantitative estimate of drug-likeness (QED) is 0.310. The number of para-hydroxylation sites is 1. The molecule has 3 N–H and O–H groups in total. The summed E-state index contributed by atoms with van der Waals surface area (Å²) in [4.78, 5) is 34.0. The van der Waals surface area contributed by atoms with Gasteiger partial charge in [-0.25, -0.2) is 9.97 Å². The number of nitrogens with zero attached hydrogens (tertiary/aromatic N) is 4. The summed E-state index contributed by atoms with van der Waals surface area (Å²) in [5.74, 6) is -0.0510. The van der Waals surface area contributed by atoms with E-state index in [-0.39, 0.29) is 18.1 Å². The first-order chi connectivity index (χ1) is 17.7. The van der Waals surface area contributed by atoms with Crippen molar-refractivity contribution in [1.82, 2.24) is 30.7 Å². The Morgan fingerprint density at radius 1 is 0.833 bits per heavy atom. The summed E-state index contributed by atoms with van der Waals surface area (Å²) in [5, 5.41) is 16.2. The molecule has 10 heteroatoms. The summed E-state index contributed by atoms with van der Waals surface area (Å²) >= 11 is 0. The predicted octanol–water partition coefficient (Wildman–Crippen LogP) is 3.51. The Morgan fingerprint density at radius 2 is 1.72 bits per heavy atom. The monoisotopic (exact) mass is 479 g/mol. The zero-order valence-electron chi connectivity index (χ0n) is 19.0. The highest BCUT2D eigenvalue weighted by Crippen LogP contribution is 2.19. The number of nitrogens with one attached hydrogen (secondary N) is 3. The van der Waals surface area contributed by atoms with E-state index in [0.29, 0.717) is 34.8 Å². The highest BCUT2D eigenvalue weighted by atomic mass is 16.5. The standard InChI is InChI=1S/C26H21N7O3/c34-25(19-8-4-9-20-23(19)32-33-31-20)29-15-18-11-13-27-22(14-18)30-26(35)24-21(10-5-12-28-24)36-16-17-6-2-1-3-7-17/h1-14H,15-16H2,(H,29,34)(H,27,30,35)(H,31,32,33). The first kappa shape index (κ1) is 22.7. The number of benzene rings is 2. The Kier molecular flexibility index (Phi) is 6.57. The molecular formula is C26H21N7O3.